The summed E-state index contributed by atoms with van der Waals surface area (Å²) in [5.41, 5.74) is 6.73. The Balaban J connectivity index is 2.67. The second-order valence-corrected chi connectivity index (χ2v) is 4.24. The highest BCUT2D eigenvalue weighted by Crippen LogP contribution is 2.28. The number of rotatable bonds is 8. The van der Waals surface area contributed by atoms with Crippen LogP contribution in [0.3, 0.4) is 0 Å². The van der Waals surface area contributed by atoms with Gasteiger partial charge in [-0.1, -0.05) is 6.07 Å². The van der Waals surface area contributed by atoms with Gasteiger partial charge >= 0.3 is 0 Å². The predicted molar refractivity (Wildman–Crippen MR) is 72.1 cm³/mol. The van der Waals surface area contributed by atoms with Crippen LogP contribution < -0.4 is 15.2 Å². The average Bonchev–Trinajstić information content (AvgIpc) is 2.41. The minimum Gasteiger partial charge on any atom is -0.493 e. The first-order valence-electron chi connectivity index (χ1n) is 6.35. The van der Waals surface area contributed by atoms with Crippen LogP contribution in [0.5, 0.6) is 11.5 Å². The highest BCUT2D eigenvalue weighted by atomic mass is 16.5. The van der Waals surface area contributed by atoms with Crippen LogP contribution in [0.4, 0.5) is 0 Å². The summed E-state index contributed by atoms with van der Waals surface area (Å²) < 4.78 is 10.8. The molecule has 0 heterocycles. The van der Waals surface area contributed by atoms with Gasteiger partial charge in [0.2, 0.25) is 0 Å². The van der Waals surface area contributed by atoms with E-state index in [2.05, 4.69) is 0 Å². The van der Waals surface area contributed by atoms with E-state index in [1.54, 1.807) is 7.11 Å². The molecule has 0 radical (unpaired) electrons. The topological polar surface area (TPSA) is 64.7 Å². The fraction of sp³-hybridized carbons (Fsp3) is 0.571. The maximum Gasteiger partial charge on any atom is 0.161 e. The quantitative estimate of drug-likeness (QED) is 0.738. The Morgan fingerprint density at radius 3 is 2.67 bits per heavy atom. The van der Waals surface area contributed by atoms with Crippen molar-refractivity contribution in [3.05, 3.63) is 23.8 Å². The van der Waals surface area contributed by atoms with Crippen molar-refractivity contribution in [3.63, 3.8) is 0 Å². The van der Waals surface area contributed by atoms with E-state index in [-0.39, 0.29) is 12.5 Å². The molecule has 0 aliphatic heterocycles. The summed E-state index contributed by atoms with van der Waals surface area (Å²) in [5, 5.41) is 9.09. The number of aryl methyl sites for hydroxylation is 1. The lowest BCUT2D eigenvalue weighted by Gasteiger charge is -2.13. The van der Waals surface area contributed by atoms with Crippen molar-refractivity contribution in [1.29, 1.82) is 0 Å². The first-order chi connectivity index (χ1) is 8.74. The van der Waals surface area contributed by atoms with Crippen LogP contribution in [0.15, 0.2) is 18.2 Å². The third-order valence-corrected chi connectivity index (χ3v) is 2.96. The number of hydrogen-bond acceptors (Lipinski definition) is 4. The molecule has 0 amide bonds. The highest BCUT2D eigenvalue weighted by molar-refractivity contribution is 5.43. The Morgan fingerprint density at radius 2 is 2.11 bits per heavy atom. The molecule has 1 unspecified atom stereocenters. The van der Waals surface area contributed by atoms with Crippen LogP contribution in [0.25, 0.3) is 0 Å². The van der Waals surface area contributed by atoms with Crippen LogP contribution in [-0.2, 0) is 6.42 Å². The van der Waals surface area contributed by atoms with E-state index in [1.807, 2.05) is 25.1 Å². The van der Waals surface area contributed by atoms with Gasteiger partial charge in [-0.05, 0) is 49.9 Å². The summed E-state index contributed by atoms with van der Waals surface area (Å²) in [6.07, 6.45) is 1.76. The van der Waals surface area contributed by atoms with Gasteiger partial charge in [0.15, 0.2) is 11.5 Å². The van der Waals surface area contributed by atoms with Crippen molar-refractivity contribution < 1.29 is 14.6 Å². The number of ether oxygens (including phenoxy) is 2. The normalized spacial score (nSPS) is 12.2. The molecule has 1 rings (SSSR count). The highest BCUT2D eigenvalue weighted by Gasteiger charge is 2.08. The lowest BCUT2D eigenvalue weighted by Crippen LogP contribution is -2.18. The SMILES string of the molecule is CCOc1ccc(CCC(CN)CO)cc1OC. The standard InChI is InChI=1S/C14H23NO3/c1-3-18-13-7-6-11(8-14(13)17-2)4-5-12(9-15)10-16/h6-8,12,16H,3-5,9-10,15H2,1-2H3. The van der Waals surface area contributed by atoms with Gasteiger partial charge in [-0.25, -0.2) is 0 Å². The van der Waals surface area contributed by atoms with E-state index in [9.17, 15) is 0 Å². The average molecular weight is 253 g/mol. The van der Waals surface area contributed by atoms with Gasteiger partial charge in [0.1, 0.15) is 0 Å². The van der Waals surface area contributed by atoms with Crippen molar-refractivity contribution >= 4 is 0 Å². The summed E-state index contributed by atoms with van der Waals surface area (Å²) in [6, 6.07) is 5.93. The zero-order valence-corrected chi connectivity index (χ0v) is 11.2. The van der Waals surface area contributed by atoms with Crippen molar-refractivity contribution in [2.24, 2.45) is 11.7 Å². The Bertz CT molecular complexity index is 351. The van der Waals surface area contributed by atoms with Gasteiger partial charge in [-0.15, -0.1) is 0 Å². The molecule has 3 N–H and O–H groups in total. The summed E-state index contributed by atoms with van der Waals surface area (Å²) in [5.74, 6) is 1.69. The molecule has 18 heavy (non-hydrogen) atoms. The molecule has 0 spiro atoms. The molecule has 1 aromatic rings. The molecule has 0 saturated carbocycles. The first-order valence-corrected chi connectivity index (χ1v) is 6.35. The molecular formula is C14H23NO3. The molecular weight excluding hydrogens is 230 g/mol. The Kier molecular flexibility index (Phi) is 6.54. The minimum atomic E-state index is 0.144. The molecule has 0 aromatic heterocycles. The second kappa shape index (κ2) is 7.95. The van der Waals surface area contributed by atoms with E-state index in [0.29, 0.717) is 13.2 Å². The lowest BCUT2D eigenvalue weighted by atomic mass is 10.00. The van der Waals surface area contributed by atoms with Crippen LogP contribution in [0, 0.1) is 5.92 Å². The Labute approximate surface area is 109 Å². The van der Waals surface area contributed by atoms with E-state index < -0.39 is 0 Å². The maximum absolute atomic E-state index is 9.09. The van der Waals surface area contributed by atoms with E-state index in [4.69, 9.17) is 20.3 Å². The minimum absolute atomic E-state index is 0.144. The largest absolute Gasteiger partial charge is 0.493 e. The van der Waals surface area contributed by atoms with Gasteiger partial charge in [0.05, 0.1) is 13.7 Å². The monoisotopic (exact) mass is 253 g/mol. The Morgan fingerprint density at radius 1 is 1.33 bits per heavy atom. The molecule has 0 aliphatic carbocycles. The number of aliphatic hydroxyl groups is 1. The van der Waals surface area contributed by atoms with Gasteiger partial charge < -0.3 is 20.3 Å². The van der Waals surface area contributed by atoms with E-state index in [0.717, 1.165) is 24.3 Å². The molecule has 102 valence electrons. The zero-order chi connectivity index (χ0) is 13.4. The van der Waals surface area contributed by atoms with Gasteiger partial charge in [0, 0.05) is 6.61 Å². The molecule has 1 aromatic carbocycles. The van der Waals surface area contributed by atoms with Crippen molar-refractivity contribution in [3.8, 4) is 11.5 Å². The fourth-order valence-corrected chi connectivity index (χ4v) is 1.80. The van der Waals surface area contributed by atoms with Crippen LogP contribution in [-0.4, -0.2) is 32.0 Å². The lowest BCUT2D eigenvalue weighted by molar-refractivity contribution is 0.223. The molecule has 1 atom stereocenters. The summed E-state index contributed by atoms with van der Waals surface area (Å²) in [7, 11) is 1.64. The number of nitrogens with two attached hydrogens (primary N) is 1. The number of methoxy groups -OCH3 is 1. The van der Waals surface area contributed by atoms with E-state index in [1.165, 1.54) is 5.56 Å². The van der Waals surface area contributed by atoms with Gasteiger partial charge in [0.25, 0.3) is 0 Å². The smallest absolute Gasteiger partial charge is 0.161 e. The third-order valence-electron chi connectivity index (χ3n) is 2.96. The molecule has 4 nitrogen and oxygen atoms in total. The van der Waals surface area contributed by atoms with E-state index >= 15 is 0 Å². The molecule has 0 fully saturated rings. The number of hydrogen-bond donors (Lipinski definition) is 2. The molecule has 4 heteroatoms. The van der Waals surface area contributed by atoms with Crippen LogP contribution in [0.1, 0.15) is 18.9 Å². The molecule has 0 aliphatic rings. The number of benzene rings is 1. The molecule has 0 bridgehead atoms. The number of aliphatic hydroxyl groups excluding tert-OH is 1. The summed E-state index contributed by atoms with van der Waals surface area (Å²) >= 11 is 0. The summed E-state index contributed by atoms with van der Waals surface area (Å²) in [6.45, 7) is 3.23. The first kappa shape index (κ1) is 14.8. The van der Waals surface area contributed by atoms with Gasteiger partial charge in [-0.2, -0.15) is 0 Å². The molecule has 0 saturated heterocycles. The fourth-order valence-electron chi connectivity index (χ4n) is 1.80. The second-order valence-electron chi connectivity index (χ2n) is 4.24. The van der Waals surface area contributed by atoms with Gasteiger partial charge in [-0.3, -0.25) is 0 Å². The maximum atomic E-state index is 9.09. The Hall–Kier alpha value is -1.26. The predicted octanol–water partition coefficient (Wildman–Crippen LogP) is 1.59. The van der Waals surface area contributed by atoms with Crippen molar-refractivity contribution in [1.82, 2.24) is 0 Å². The van der Waals surface area contributed by atoms with Crippen LogP contribution >= 0.6 is 0 Å². The third kappa shape index (κ3) is 4.20. The zero-order valence-electron chi connectivity index (χ0n) is 11.2. The van der Waals surface area contributed by atoms with Crippen LogP contribution in [0.2, 0.25) is 0 Å². The summed E-state index contributed by atoms with van der Waals surface area (Å²) in [4.78, 5) is 0. The van der Waals surface area contributed by atoms with Crippen molar-refractivity contribution in [2.45, 2.75) is 19.8 Å². The van der Waals surface area contributed by atoms with Crippen molar-refractivity contribution in [2.75, 3.05) is 26.9 Å².